The molecule has 0 bridgehead atoms. The van der Waals surface area contributed by atoms with Crippen molar-refractivity contribution in [2.45, 2.75) is 65.0 Å². The number of likely N-dealkylation sites (tertiary alicyclic amines) is 1. The van der Waals surface area contributed by atoms with Gasteiger partial charge in [0, 0.05) is 13.0 Å². The first-order valence-corrected chi connectivity index (χ1v) is 17.9. The van der Waals surface area contributed by atoms with Gasteiger partial charge < -0.3 is 19.2 Å². The summed E-state index contributed by atoms with van der Waals surface area (Å²) in [6.45, 7) is 10.6. The normalized spacial score (nSPS) is 16.6. The van der Waals surface area contributed by atoms with Crippen LogP contribution in [0.25, 0.3) is 0 Å². The Labute approximate surface area is 251 Å². The molecular weight excluding hydrogens is 574 g/mol. The molecule has 2 aromatic carbocycles. The lowest BCUT2D eigenvalue weighted by molar-refractivity contribution is -0.144. The minimum Gasteiger partial charge on any atom is -0.480 e. The number of hydrogen-bond donors (Lipinski definition) is 1. The van der Waals surface area contributed by atoms with E-state index in [0.29, 0.717) is 19.4 Å². The lowest BCUT2D eigenvalue weighted by atomic mass is 9.91. The van der Waals surface area contributed by atoms with Crippen molar-refractivity contribution in [2.75, 3.05) is 38.7 Å². The molecule has 11 heteroatoms. The number of aliphatic carboxylic acids is 1. The van der Waals surface area contributed by atoms with Crippen molar-refractivity contribution >= 4 is 40.7 Å². The SMILES string of the molecule is CC(C)(CCO[Si](c1ccccc1)(c1ccccc1)C(C)(C)C)COS(=O)(=O)CCOC[C@@H]1CCC(=O)N1CC(=O)O. The van der Waals surface area contributed by atoms with Crippen molar-refractivity contribution in [1.82, 2.24) is 4.90 Å². The molecule has 0 unspecified atom stereocenters. The van der Waals surface area contributed by atoms with Gasteiger partial charge >= 0.3 is 5.97 Å². The third kappa shape index (κ3) is 8.97. The number of carbonyl (C=O) groups excluding carboxylic acids is 1. The number of nitrogens with zero attached hydrogens (tertiary/aromatic N) is 1. The topological polar surface area (TPSA) is 119 Å². The molecule has 1 atom stereocenters. The number of carboxylic acid groups (broad SMARTS) is 1. The number of amides is 1. The van der Waals surface area contributed by atoms with Gasteiger partial charge in [0.15, 0.2) is 0 Å². The van der Waals surface area contributed by atoms with Crippen LogP contribution in [0.1, 0.15) is 53.9 Å². The molecule has 0 saturated carbocycles. The molecule has 0 radical (unpaired) electrons. The fourth-order valence-corrected chi connectivity index (χ4v) is 10.8. The molecule has 232 valence electrons. The van der Waals surface area contributed by atoms with Crippen LogP contribution in [0.15, 0.2) is 60.7 Å². The van der Waals surface area contributed by atoms with Crippen molar-refractivity contribution < 1.29 is 36.5 Å². The number of rotatable bonds is 16. The molecule has 1 heterocycles. The monoisotopic (exact) mass is 619 g/mol. The summed E-state index contributed by atoms with van der Waals surface area (Å²) in [4.78, 5) is 24.2. The predicted molar refractivity (Wildman–Crippen MR) is 165 cm³/mol. The molecule has 1 amide bonds. The average Bonchev–Trinajstić information content (AvgIpc) is 3.26. The highest BCUT2D eigenvalue weighted by Crippen LogP contribution is 2.37. The Kier molecular flexibility index (Phi) is 11.5. The van der Waals surface area contributed by atoms with Crippen LogP contribution in [-0.2, 0) is 33.1 Å². The summed E-state index contributed by atoms with van der Waals surface area (Å²) in [5.41, 5.74) is -0.471. The second-order valence-electron chi connectivity index (χ2n) is 12.6. The molecule has 0 aliphatic carbocycles. The summed E-state index contributed by atoms with van der Waals surface area (Å²) < 4.78 is 43.0. The van der Waals surface area contributed by atoms with Gasteiger partial charge in [0.05, 0.1) is 31.6 Å². The van der Waals surface area contributed by atoms with Crippen molar-refractivity contribution in [3.63, 3.8) is 0 Å². The van der Waals surface area contributed by atoms with Crippen LogP contribution in [0.3, 0.4) is 0 Å². The molecule has 0 aromatic heterocycles. The van der Waals surface area contributed by atoms with Crippen LogP contribution in [0.4, 0.5) is 0 Å². The number of carbonyl (C=O) groups is 2. The maximum absolute atomic E-state index is 12.6. The van der Waals surface area contributed by atoms with Gasteiger partial charge in [-0.05, 0) is 33.7 Å². The third-order valence-electron chi connectivity index (χ3n) is 7.69. The van der Waals surface area contributed by atoms with E-state index in [-0.39, 0.29) is 55.5 Å². The fraction of sp³-hybridized carbons (Fsp3) is 0.548. The van der Waals surface area contributed by atoms with Gasteiger partial charge in [0.1, 0.15) is 6.54 Å². The molecule has 42 heavy (non-hydrogen) atoms. The van der Waals surface area contributed by atoms with E-state index >= 15 is 0 Å². The number of hydrogen-bond acceptors (Lipinski definition) is 7. The molecule has 1 aliphatic rings. The molecule has 1 N–H and O–H groups in total. The van der Waals surface area contributed by atoms with Gasteiger partial charge in [-0.3, -0.25) is 13.8 Å². The summed E-state index contributed by atoms with van der Waals surface area (Å²) in [5.74, 6) is -1.66. The molecule has 3 rings (SSSR count). The fourth-order valence-electron chi connectivity index (χ4n) is 5.33. The molecule has 1 aliphatic heterocycles. The van der Waals surface area contributed by atoms with Crippen LogP contribution in [0.2, 0.25) is 5.04 Å². The van der Waals surface area contributed by atoms with Crippen LogP contribution in [0.5, 0.6) is 0 Å². The molecule has 1 fully saturated rings. The second-order valence-corrected chi connectivity index (χ2v) is 18.7. The summed E-state index contributed by atoms with van der Waals surface area (Å²) in [6, 6.07) is 20.4. The average molecular weight is 620 g/mol. The first-order valence-electron chi connectivity index (χ1n) is 14.4. The van der Waals surface area contributed by atoms with Gasteiger partial charge in [-0.15, -0.1) is 0 Å². The zero-order valence-electron chi connectivity index (χ0n) is 25.4. The Morgan fingerprint density at radius 2 is 1.55 bits per heavy atom. The molecule has 0 spiro atoms. The second kappa shape index (κ2) is 14.3. The van der Waals surface area contributed by atoms with Crippen molar-refractivity contribution in [2.24, 2.45) is 5.41 Å². The highest BCUT2D eigenvalue weighted by Gasteiger charge is 2.50. The van der Waals surface area contributed by atoms with E-state index < -0.39 is 29.8 Å². The lowest BCUT2D eigenvalue weighted by Crippen LogP contribution is -2.66. The van der Waals surface area contributed by atoms with Crippen LogP contribution in [-0.4, -0.2) is 83.4 Å². The zero-order chi connectivity index (χ0) is 31.0. The molecule has 9 nitrogen and oxygen atoms in total. The summed E-state index contributed by atoms with van der Waals surface area (Å²) in [5, 5.41) is 11.2. The zero-order valence-corrected chi connectivity index (χ0v) is 27.2. The first-order chi connectivity index (χ1) is 19.7. The highest BCUT2D eigenvalue weighted by molar-refractivity contribution is 7.86. The standard InChI is InChI=1S/C31H45NO8SSi/c1-30(2,3)42(26-12-8-6-9-13-26,27-14-10-7-11-15-27)40-19-18-31(4,5)24-39-41(36,37)21-20-38-23-25-16-17-28(33)32(25)22-29(34)35/h6-15,25H,16-24H2,1-5H3,(H,34,35)/t25-/m0/s1. The predicted octanol–water partition coefficient (Wildman–Crippen LogP) is 3.42. The quantitative estimate of drug-likeness (QED) is 0.173. The Morgan fingerprint density at radius 3 is 2.07 bits per heavy atom. The molecule has 2 aromatic rings. The van der Waals surface area contributed by atoms with Crippen LogP contribution >= 0.6 is 0 Å². The Balaban J connectivity index is 1.55. The maximum atomic E-state index is 12.6. The number of ether oxygens (including phenoxy) is 1. The van der Waals surface area contributed by atoms with E-state index in [4.69, 9.17) is 18.5 Å². The molecular formula is C31H45NO8SSi. The maximum Gasteiger partial charge on any atom is 0.323 e. The smallest absolute Gasteiger partial charge is 0.323 e. The minimum absolute atomic E-state index is 0.00293. The number of benzene rings is 2. The van der Waals surface area contributed by atoms with Crippen LogP contribution < -0.4 is 10.4 Å². The summed E-state index contributed by atoms with van der Waals surface area (Å²) in [6.07, 6.45) is 1.34. The van der Waals surface area contributed by atoms with Gasteiger partial charge in [0.2, 0.25) is 5.91 Å². The van der Waals surface area contributed by atoms with Crippen molar-refractivity contribution in [3.05, 3.63) is 60.7 Å². The largest absolute Gasteiger partial charge is 0.480 e. The van der Waals surface area contributed by atoms with Gasteiger partial charge in [-0.1, -0.05) is 95.3 Å². The van der Waals surface area contributed by atoms with E-state index in [0.717, 1.165) is 0 Å². The highest BCUT2D eigenvalue weighted by atomic mass is 32.2. The van der Waals surface area contributed by atoms with E-state index in [1.807, 2.05) is 50.2 Å². The van der Waals surface area contributed by atoms with E-state index in [9.17, 15) is 18.0 Å². The van der Waals surface area contributed by atoms with E-state index in [1.165, 1.54) is 15.3 Å². The van der Waals surface area contributed by atoms with Crippen LogP contribution in [0, 0.1) is 5.41 Å². The summed E-state index contributed by atoms with van der Waals surface area (Å²) in [7, 11) is -6.54. The Morgan fingerprint density at radius 1 is 0.976 bits per heavy atom. The molecule has 1 saturated heterocycles. The van der Waals surface area contributed by atoms with Crippen molar-refractivity contribution in [1.29, 1.82) is 0 Å². The lowest BCUT2D eigenvalue weighted by Gasteiger charge is -2.43. The van der Waals surface area contributed by atoms with E-state index in [2.05, 4.69) is 45.0 Å². The van der Waals surface area contributed by atoms with Crippen molar-refractivity contribution in [3.8, 4) is 0 Å². The Bertz CT molecular complexity index is 1240. The number of carboxylic acids is 1. The Hall–Kier alpha value is -2.57. The minimum atomic E-state index is -3.85. The van der Waals surface area contributed by atoms with Gasteiger partial charge in [0.25, 0.3) is 18.4 Å². The first kappa shape index (κ1) is 33.9. The summed E-state index contributed by atoms with van der Waals surface area (Å²) >= 11 is 0. The van der Waals surface area contributed by atoms with Gasteiger partial charge in [-0.2, -0.15) is 8.42 Å². The third-order valence-corrected chi connectivity index (χ3v) is 13.9. The van der Waals surface area contributed by atoms with E-state index in [1.54, 1.807) is 0 Å². The van der Waals surface area contributed by atoms with Gasteiger partial charge in [-0.25, -0.2) is 0 Å².